The van der Waals surface area contributed by atoms with E-state index in [2.05, 4.69) is 67.8 Å². The molecule has 1 amide bonds. The zero-order chi connectivity index (χ0) is 46.7. The lowest BCUT2D eigenvalue weighted by Gasteiger charge is -2.27. The van der Waals surface area contributed by atoms with Gasteiger partial charge in [0, 0.05) is 0 Å². The molecule has 0 saturated heterocycles. The molecule has 4 atom stereocenters. The van der Waals surface area contributed by atoms with E-state index >= 15 is 0 Å². The van der Waals surface area contributed by atoms with E-state index < -0.39 is 36.9 Å². The number of carbonyl (C=O) groups excluding carboxylic acids is 1. The first kappa shape index (κ1) is 62.3. The average Bonchev–Trinajstić information content (AvgIpc) is 3.30. The molecule has 0 aliphatic carbocycles. The van der Waals surface area contributed by atoms with Crippen LogP contribution in [-0.2, 0) is 4.79 Å². The van der Waals surface area contributed by atoms with Crippen molar-refractivity contribution in [1.82, 2.24) is 5.32 Å². The molecule has 0 aliphatic heterocycles. The number of nitrogens with one attached hydrogen (secondary N) is 1. The highest BCUT2D eigenvalue weighted by Gasteiger charge is 2.28. The molecule has 0 heterocycles. The second kappa shape index (κ2) is 52.2. The summed E-state index contributed by atoms with van der Waals surface area (Å²) in [6.07, 6.45) is 66.1. The molecule has 0 rings (SSSR count). The quantitative estimate of drug-likeness (QED) is 0.0309. The third kappa shape index (κ3) is 45.4. The van der Waals surface area contributed by atoms with Gasteiger partial charge in [0.05, 0.1) is 18.8 Å². The van der Waals surface area contributed by atoms with Gasteiger partial charge in [0.2, 0.25) is 5.91 Å². The minimum Gasteiger partial charge on any atom is -0.394 e. The van der Waals surface area contributed by atoms with E-state index in [0.29, 0.717) is 19.3 Å². The molecule has 376 valence electrons. The fourth-order valence-corrected chi connectivity index (χ4v) is 8.55. The van der Waals surface area contributed by atoms with Crippen molar-refractivity contribution < 1.29 is 25.2 Å². The molecule has 0 aromatic heterocycles. The number of hydrogen-bond donors (Lipinski definition) is 5. The molecule has 0 bridgehead atoms. The lowest BCUT2D eigenvalue weighted by atomic mass is 10.00. The molecule has 0 spiro atoms. The average molecular weight is 901 g/mol. The van der Waals surface area contributed by atoms with Crippen LogP contribution in [0.25, 0.3) is 0 Å². The van der Waals surface area contributed by atoms with E-state index in [9.17, 15) is 25.2 Å². The van der Waals surface area contributed by atoms with E-state index in [-0.39, 0.29) is 0 Å². The number of rotatable bonds is 51. The Kier molecular flexibility index (Phi) is 50.8. The van der Waals surface area contributed by atoms with Crippen molar-refractivity contribution in [3.8, 4) is 0 Å². The van der Waals surface area contributed by atoms with Gasteiger partial charge in [-0.2, -0.15) is 0 Å². The molecule has 4 unspecified atom stereocenters. The van der Waals surface area contributed by atoms with Crippen LogP contribution in [0.2, 0.25) is 0 Å². The summed E-state index contributed by atoms with van der Waals surface area (Å²) in [5, 5.41) is 43.9. The van der Waals surface area contributed by atoms with E-state index in [1.807, 2.05) is 0 Å². The van der Waals surface area contributed by atoms with Gasteiger partial charge in [-0.25, -0.2) is 0 Å². The van der Waals surface area contributed by atoms with Crippen LogP contribution < -0.4 is 5.32 Å². The zero-order valence-corrected chi connectivity index (χ0v) is 42.5. The summed E-state index contributed by atoms with van der Waals surface area (Å²) >= 11 is 0. The summed E-state index contributed by atoms with van der Waals surface area (Å²) in [6.45, 7) is 4.05. The van der Waals surface area contributed by atoms with Gasteiger partial charge >= 0.3 is 0 Å². The van der Waals surface area contributed by atoms with Crippen LogP contribution in [0, 0.1) is 0 Å². The Hall–Kier alpha value is -1.73. The summed E-state index contributed by atoms with van der Waals surface area (Å²) in [7, 11) is 0. The Morgan fingerprint density at radius 2 is 0.656 bits per heavy atom. The number of aliphatic hydroxyl groups excluding tert-OH is 4. The highest BCUT2D eigenvalue weighted by Crippen LogP contribution is 2.17. The third-order valence-corrected chi connectivity index (χ3v) is 13.0. The van der Waals surface area contributed by atoms with E-state index in [4.69, 9.17) is 0 Å². The van der Waals surface area contributed by atoms with E-state index in [1.165, 1.54) is 199 Å². The fraction of sp³-hybridized carbons (Fsp3) is 0.845. The number of allylic oxidation sites excluding steroid dienone is 8. The molecule has 0 radical (unpaired) electrons. The predicted molar refractivity (Wildman–Crippen MR) is 279 cm³/mol. The van der Waals surface area contributed by atoms with Crippen LogP contribution in [0.5, 0.6) is 0 Å². The summed E-state index contributed by atoms with van der Waals surface area (Å²) in [6, 6.07) is -1.01. The van der Waals surface area contributed by atoms with Gasteiger partial charge in [0.25, 0.3) is 0 Å². The third-order valence-electron chi connectivity index (χ3n) is 13.0. The van der Waals surface area contributed by atoms with Crippen LogP contribution in [-0.4, -0.2) is 57.3 Å². The van der Waals surface area contributed by atoms with Crippen LogP contribution in [0.3, 0.4) is 0 Å². The molecule has 0 saturated carbocycles. The summed E-state index contributed by atoms with van der Waals surface area (Å²) < 4.78 is 0. The van der Waals surface area contributed by atoms with Crippen molar-refractivity contribution >= 4 is 5.91 Å². The van der Waals surface area contributed by atoms with Crippen LogP contribution >= 0.6 is 0 Å². The van der Waals surface area contributed by atoms with Gasteiger partial charge in [0.1, 0.15) is 12.2 Å². The normalized spacial score (nSPS) is 14.2. The molecular weight excluding hydrogens is 791 g/mol. The van der Waals surface area contributed by atoms with E-state index in [0.717, 1.165) is 51.4 Å². The van der Waals surface area contributed by atoms with Crippen molar-refractivity contribution in [3.05, 3.63) is 48.6 Å². The number of hydrogen-bond acceptors (Lipinski definition) is 5. The maximum Gasteiger partial charge on any atom is 0.249 e. The van der Waals surface area contributed by atoms with Gasteiger partial charge in [0.15, 0.2) is 0 Å². The number of amides is 1. The second-order valence-corrected chi connectivity index (χ2v) is 19.3. The Morgan fingerprint density at radius 3 is 0.984 bits per heavy atom. The van der Waals surface area contributed by atoms with Gasteiger partial charge < -0.3 is 25.7 Å². The molecule has 0 aromatic carbocycles. The van der Waals surface area contributed by atoms with Crippen molar-refractivity contribution in [2.24, 2.45) is 0 Å². The first-order valence-corrected chi connectivity index (χ1v) is 28.0. The van der Waals surface area contributed by atoms with Crippen LogP contribution in [0.4, 0.5) is 0 Å². The molecule has 6 heteroatoms. The van der Waals surface area contributed by atoms with Gasteiger partial charge in [-0.05, 0) is 89.9 Å². The van der Waals surface area contributed by atoms with Crippen molar-refractivity contribution in [2.75, 3.05) is 6.61 Å². The van der Waals surface area contributed by atoms with Crippen molar-refractivity contribution in [1.29, 1.82) is 0 Å². The molecule has 64 heavy (non-hydrogen) atoms. The Balaban J connectivity index is 3.67. The maximum atomic E-state index is 12.6. The molecular formula is C58H109NO5. The summed E-state index contributed by atoms with van der Waals surface area (Å²) in [5.74, 6) is -0.598. The standard InChI is InChI=1S/C58H109NO5/c1-3-5-7-9-11-13-15-17-19-21-23-24-25-26-27-28-29-30-31-32-34-36-38-40-42-44-46-48-50-52-56(62)58(64)59-54(53-60)57(63)55(61)51-49-47-45-43-41-39-37-35-33-22-20-18-16-14-12-10-8-6-4-2/h18,20,26-27,35,37,43,45,54-57,60-63H,3-17,19,21-25,28-34,36,38-42,44,46-53H2,1-2H3,(H,59,64)/b20-18+,27-26-,37-35+,45-43+. The van der Waals surface area contributed by atoms with Crippen molar-refractivity contribution in [3.63, 3.8) is 0 Å². The van der Waals surface area contributed by atoms with Crippen LogP contribution in [0.1, 0.15) is 284 Å². The SMILES string of the molecule is CCCCCCCC/C=C/CC/C=C/CC/C=C/CCCC(O)C(O)C(CO)NC(=O)C(O)CCCCCCCCCCCCCCC/C=C\CCCCCCCCCCCCCC. The fourth-order valence-electron chi connectivity index (χ4n) is 8.55. The lowest BCUT2D eigenvalue weighted by molar-refractivity contribution is -0.132. The minimum absolute atomic E-state index is 0.358. The molecule has 0 aliphatic rings. The van der Waals surface area contributed by atoms with Gasteiger partial charge in [-0.3, -0.25) is 4.79 Å². The molecule has 5 N–H and O–H groups in total. The second-order valence-electron chi connectivity index (χ2n) is 19.3. The number of carbonyl (C=O) groups is 1. The summed E-state index contributed by atoms with van der Waals surface area (Å²) in [5.41, 5.74) is 0. The van der Waals surface area contributed by atoms with Gasteiger partial charge in [-0.15, -0.1) is 0 Å². The Labute approximate surface area is 398 Å². The Morgan fingerprint density at radius 1 is 0.375 bits per heavy atom. The smallest absolute Gasteiger partial charge is 0.249 e. The minimum atomic E-state index is -1.29. The first-order valence-electron chi connectivity index (χ1n) is 28.0. The zero-order valence-electron chi connectivity index (χ0n) is 42.5. The highest BCUT2D eigenvalue weighted by molar-refractivity contribution is 5.80. The molecule has 0 aromatic rings. The Bertz CT molecular complexity index is 1060. The maximum absolute atomic E-state index is 12.6. The number of unbranched alkanes of at least 4 members (excludes halogenated alkanes) is 34. The number of aliphatic hydroxyl groups is 4. The molecule has 0 fully saturated rings. The van der Waals surface area contributed by atoms with Gasteiger partial charge in [-0.1, -0.05) is 242 Å². The monoisotopic (exact) mass is 900 g/mol. The summed E-state index contributed by atoms with van der Waals surface area (Å²) in [4.78, 5) is 12.6. The highest BCUT2D eigenvalue weighted by atomic mass is 16.3. The van der Waals surface area contributed by atoms with E-state index in [1.54, 1.807) is 0 Å². The predicted octanol–water partition coefficient (Wildman–Crippen LogP) is 16.2. The molecule has 6 nitrogen and oxygen atoms in total. The van der Waals surface area contributed by atoms with Crippen LogP contribution in [0.15, 0.2) is 48.6 Å². The lowest BCUT2D eigenvalue weighted by Crippen LogP contribution is -2.53. The topological polar surface area (TPSA) is 110 Å². The van der Waals surface area contributed by atoms with Crippen molar-refractivity contribution in [2.45, 2.75) is 308 Å². The largest absolute Gasteiger partial charge is 0.394 e. The first-order chi connectivity index (χ1) is 31.5.